The Morgan fingerprint density at radius 3 is 2.71 bits per heavy atom. The number of nitrogens with one attached hydrogen (secondary N) is 1. The molecule has 0 bridgehead atoms. The smallest absolute Gasteiger partial charge is 0.419 e. The minimum Gasteiger partial charge on any atom is -0.493 e. The predicted molar refractivity (Wildman–Crippen MR) is 140 cm³/mol. The van der Waals surface area contributed by atoms with Gasteiger partial charge >= 0.3 is 6.09 Å². The third-order valence-electron chi connectivity index (χ3n) is 6.05. The maximum atomic E-state index is 13.1. The van der Waals surface area contributed by atoms with E-state index in [1.165, 1.54) is 5.56 Å². The number of ether oxygens (including phenoxy) is 3. The highest BCUT2D eigenvalue weighted by Gasteiger charge is 2.23. The van der Waals surface area contributed by atoms with E-state index in [1.54, 1.807) is 11.7 Å². The van der Waals surface area contributed by atoms with Gasteiger partial charge in [-0.25, -0.2) is 9.36 Å². The summed E-state index contributed by atoms with van der Waals surface area (Å²) in [5.41, 5.74) is 3.43. The fourth-order valence-electron chi connectivity index (χ4n) is 4.37. The molecule has 0 radical (unpaired) electrons. The van der Waals surface area contributed by atoms with Gasteiger partial charge in [0.15, 0.2) is 11.5 Å². The highest BCUT2D eigenvalue weighted by molar-refractivity contribution is 5.93. The lowest BCUT2D eigenvalue weighted by atomic mass is 9.93. The second kappa shape index (κ2) is 10.6. The maximum absolute atomic E-state index is 13.1. The van der Waals surface area contributed by atoms with Gasteiger partial charge in [0, 0.05) is 11.9 Å². The highest BCUT2D eigenvalue weighted by Crippen LogP contribution is 2.36. The zero-order valence-electron chi connectivity index (χ0n) is 21.4. The first-order chi connectivity index (χ1) is 16.8. The molecular formula is C29H36N2O4. The molecule has 4 rings (SSSR count). The Hall–Kier alpha value is -3.25. The molecule has 6 nitrogen and oxygen atoms in total. The van der Waals surface area contributed by atoms with Gasteiger partial charge in [0.2, 0.25) is 0 Å². The summed E-state index contributed by atoms with van der Waals surface area (Å²) < 4.78 is 19.0. The Morgan fingerprint density at radius 2 is 1.97 bits per heavy atom. The summed E-state index contributed by atoms with van der Waals surface area (Å²) >= 11 is 0. The Kier molecular flexibility index (Phi) is 7.51. The first-order valence-electron chi connectivity index (χ1n) is 12.4. The molecule has 1 aliphatic heterocycles. The van der Waals surface area contributed by atoms with Crippen molar-refractivity contribution in [2.45, 2.75) is 58.6 Å². The molecule has 1 N–H and O–H groups in total. The first kappa shape index (κ1) is 24.9. The van der Waals surface area contributed by atoms with Crippen LogP contribution in [0.4, 0.5) is 4.79 Å². The quantitative estimate of drug-likeness (QED) is 0.394. The summed E-state index contributed by atoms with van der Waals surface area (Å²) in [7, 11) is 1.68. The van der Waals surface area contributed by atoms with Crippen LogP contribution in [0.15, 0.2) is 48.5 Å². The van der Waals surface area contributed by atoms with Crippen LogP contribution in [0.1, 0.15) is 63.4 Å². The van der Waals surface area contributed by atoms with Crippen LogP contribution >= 0.6 is 0 Å². The minimum atomic E-state index is -0.583. The van der Waals surface area contributed by atoms with Crippen LogP contribution in [-0.4, -0.2) is 36.5 Å². The fourth-order valence-corrected chi connectivity index (χ4v) is 4.37. The van der Waals surface area contributed by atoms with Gasteiger partial charge in [0.1, 0.15) is 5.60 Å². The molecule has 2 aromatic carbocycles. The molecule has 0 amide bonds. The lowest BCUT2D eigenvalue weighted by Gasteiger charge is -2.26. The van der Waals surface area contributed by atoms with Gasteiger partial charge in [-0.3, -0.25) is 0 Å². The topological polar surface area (TPSA) is 61.7 Å². The van der Waals surface area contributed by atoms with Gasteiger partial charge in [0.05, 0.1) is 31.0 Å². The molecular weight excluding hydrogens is 440 g/mol. The van der Waals surface area contributed by atoms with Gasteiger partial charge < -0.3 is 19.5 Å². The number of benzene rings is 2. The van der Waals surface area contributed by atoms with Crippen molar-refractivity contribution in [3.05, 3.63) is 65.4 Å². The predicted octanol–water partition coefficient (Wildman–Crippen LogP) is 6.51. The number of fused-ring (bicyclic) bond motifs is 2. The second-order valence-corrected chi connectivity index (χ2v) is 9.89. The van der Waals surface area contributed by atoms with E-state index in [0.717, 1.165) is 59.5 Å². The molecule has 1 aliphatic rings. The largest absolute Gasteiger partial charge is 0.493 e. The van der Waals surface area contributed by atoms with Crippen LogP contribution in [0.3, 0.4) is 0 Å². The van der Waals surface area contributed by atoms with Crippen molar-refractivity contribution in [3.8, 4) is 11.5 Å². The van der Waals surface area contributed by atoms with Crippen LogP contribution in [0.2, 0.25) is 0 Å². The van der Waals surface area contributed by atoms with Crippen LogP contribution in [0, 0.1) is 0 Å². The van der Waals surface area contributed by atoms with E-state index in [2.05, 4.69) is 30.4 Å². The van der Waals surface area contributed by atoms with E-state index < -0.39 is 5.60 Å². The number of methoxy groups -OCH3 is 1. The Balaban J connectivity index is 1.67. The van der Waals surface area contributed by atoms with E-state index in [-0.39, 0.29) is 12.1 Å². The molecule has 186 valence electrons. The lowest BCUT2D eigenvalue weighted by molar-refractivity contribution is 0.0543. The number of nitrogens with zero attached hydrogens (tertiary/aromatic N) is 1. The van der Waals surface area contributed by atoms with Crippen molar-refractivity contribution >= 4 is 23.1 Å². The average molecular weight is 477 g/mol. The molecule has 2 heterocycles. The van der Waals surface area contributed by atoms with E-state index >= 15 is 0 Å². The molecule has 0 saturated carbocycles. The minimum absolute atomic E-state index is 0.0116. The summed E-state index contributed by atoms with van der Waals surface area (Å²) in [5, 5.41) is 4.57. The second-order valence-electron chi connectivity index (χ2n) is 9.89. The number of hydrogen-bond donors (Lipinski definition) is 1. The number of para-hydroxylation sites is 1. The fraction of sp³-hybridized carbons (Fsp3) is 0.414. The molecule has 1 atom stereocenters. The first-order valence-corrected chi connectivity index (χ1v) is 12.4. The van der Waals surface area contributed by atoms with Crippen molar-refractivity contribution in [3.63, 3.8) is 0 Å². The number of aromatic nitrogens is 1. The number of hydrogen-bond acceptors (Lipinski definition) is 5. The maximum Gasteiger partial charge on any atom is 0.419 e. The summed E-state index contributed by atoms with van der Waals surface area (Å²) in [6, 6.07) is 14.0. The SMILES string of the molecule is CCCCOc1cc2c(cc1OC)C(/C=C/c1cc3ccccc3n1C(=O)OC(C)(C)C)NCC2. The van der Waals surface area contributed by atoms with Crippen LogP contribution in [0.5, 0.6) is 11.5 Å². The van der Waals surface area contributed by atoms with Gasteiger partial charge in [-0.2, -0.15) is 0 Å². The van der Waals surface area contributed by atoms with E-state index in [1.807, 2.05) is 57.2 Å². The molecule has 0 fully saturated rings. The number of rotatable bonds is 7. The number of carbonyl (C=O) groups is 1. The number of unbranched alkanes of at least 4 members (excludes halogenated alkanes) is 1. The zero-order chi connectivity index (χ0) is 25.0. The van der Waals surface area contributed by atoms with Crippen LogP contribution in [0.25, 0.3) is 17.0 Å². The summed E-state index contributed by atoms with van der Waals surface area (Å²) in [5.74, 6) is 1.54. The monoisotopic (exact) mass is 476 g/mol. The Labute approximate surface area is 207 Å². The third kappa shape index (κ3) is 5.70. The molecule has 1 aromatic heterocycles. The van der Waals surface area contributed by atoms with Gasteiger partial charge in [0.25, 0.3) is 0 Å². The molecule has 6 heteroatoms. The lowest BCUT2D eigenvalue weighted by Crippen LogP contribution is -2.29. The molecule has 0 spiro atoms. The Bertz CT molecular complexity index is 1220. The summed E-state index contributed by atoms with van der Waals surface area (Å²) in [4.78, 5) is 13.1. The number of carbonyl (C=O) groups excluding carboxylic acids is 1. The van der Waals surface area contributed by atoms with Crippen molar-refractivity contribution < 1.29 is 19.0 Å². The van der Waals surface area contributed by atoms with E-state index in [9.17, 15) is 4.79 Å². The highest BCUT2D eigenvalue weighted by atomic mass is 16.6. The van der Waals surface area contributed by atoms with E-state index in [0.29, 0.717) is 6.61 Å². The van der Waals surface area contributed by atoms with Gasteiger partial charge in [-0.05, 0) is 75.1 Å². The summed E-state index contributed by atoms with van der Waals surface area (Å²) in [6.07, 6.45) is 6.74. The van der Waals surface area contributed by atoms with Gasteiger partial charge in [-0.15, -0.1) is 0 Å². The third-order valence-corrected chi connectivity index (χ3v) is 6.05. The van der Waals surface area contributed by atoms with Crippen molar-refractivity contribution in [2.24, 2.45) is 0 Å². The van der Waals surface area contributed by atoms with Crippen molar-refractivity contribution in [2.75, 3.05) is 20.3 Å². The van der Waals surface area contributed by atoms with E-state index in [4.69, 9.17) is 14.2 Å². The Morgan fingerprint density at radius 1 is 1.17 bits per heavy atom. The molecule has 0 aliphatic carbocycles. The molecule has 0 saturated heterocycles. The molecule has 3 aromatic rings. The molecule has 35 heavy (non-hydrogen) atoms. The average Bonchev–Trinajstić information content (AvgIpc) is 3.20. The summed E-state index contributed by atoms with van der Waals surface area (Å²) in [6.45, 7) is 9.33. The normalized spacial score (nSPS) is 15.9. The zero-order valence-corrected chi connectivity index (χ0v) is 21.4. The van der Waals surface area contributed by atoms with Gasteiger partial charge in [-0.1, -0.05) is 37.6 Å². The van der Waals surface area contributed by atoms with Crippen LogP contribution < -0.4 is 14.8 Å². The van der Waals surface area contributed by atoms with Crippen molar-refractivity contribution in [1.29, 1.82) is 0 Å². The van der Waals surface area contributed by atoms with Crippen molar-refractivity contribution in [1.82, 2.24) is 9.88 Å². The van der Waals surface area contributed by atoms with Crippen LogP contribution in [-0.2, 0) is 11.2 Å². The standard InChI is InChI=1S/C29H36N2O4/c1-6-7-16-34-27-18-20-14-15-30-24(23(20)19-26(27)33-5)13-12-22-17-21-10-8-9-11-25(21)31(22)28(32)35-29(2,3)4/h8-13,17-19,24,30H,6-7,14-16H2,1-5H3/b13-12+. The molecule has 1 unspecified atom stereocenters.